The summed E-state index contributed by atoms with van der Waals surface area (Å²) in [6, 6.07) is 0. The van der Waals surface area contributed by atoms with Gasteiger partial charge in [-0.25, -0.2) is 0 Å². The van der Waals surface area contributed by atoms with Gasteiger partial charge >= 0.3 is 0 Å². The normalized spacial score (nSPS) is 9.29. The van der Waals surface area contributed by atoms with E-state index in [1.807, 2.05) is 0 Å². The number of rotatable bonds is 0. The van der Waals surface area contributed by atoms with Gasteiger partial charge in [0, 0.05) is 0 Å². The lowest BCUT2D eigenvalue weighted by atomic mass is 10.9. The van der Waals surface area contributed by atoms with Crippen LogP contribution in [0.2, 0.25) is 0 Å². The molecule has 0 aliphatic rings. The highest BCUT2D eigenvalue weighted by molar-refractivity contribution is 4.93. The highest BCUT2D eigenvalue weighted by atomic mass is 19.2. The third-order valence-corrected chi connectivity index (χ3v) is 0.455. The topological polar surface area (TPSA) is 50.9 Å². The summed E-state index contributed by atoms with van der Waals surface area (Å²) in [6.45, 7) is 0. The molecule has 0 unspecified atom stereocenters. The number of aromatic nitrogens is 3. The fraction of sp³-hybridized carbons (Fsp3) is 0. The van der Waals surface area contributed by atoms with Crippen molar-refractivity contribution in [3.8, 4) is 5.88 Å². The zero-order valence-corrected chi connectivity index (χ0v) is 3.24. The molecule has 1 aromatic rings. The molecule has 0 spiro atoms. The van der Waals surface area contributed by atoms with E-state index in [0.717, 1.165) is 6.20 Å². The summed E-state index contributed by atoms with van der Waals surface area (Å²) in [7, 11) is 0. The summed E-state index contributed by atoms with van der Waals surface area (Å²) in [5, 5.41) is 13.9. The smallest absolute Gasteiger partial charge is 0.254 e. The van der Waals surface area contributed by atoms with E-state index in [2.05, 4.69) is 10.3 Å². The van der Waals surface area contributed by atoms with Crippen molar-refractivity contribution in [3.63, 3.8) is 0 Å². The summed E-state index contributed by atoms with van der Waals surface area (Å²) in [6.07, 6.45) is 0.750. The molecular weight excluding hydrogens is 101 g/mol. The average molecular weight is 103 g/mol. The molecule has 0 atom stereocenters. The van der Waals surface area contributed by atoms with E-state index in [9.17, 15) is 4.48 Å². The van der Waals surface area contributed by atoms with Crippen LogP contribution in [0.15, 0.2) is 6.20 Å². The fourth-order valence-electron chi connectivity index (χ4n) is 0.235. The standard InChI is InChI=1S/C2H2FN3O/c3-6-1-2(7)4-5-6/h1,7H. The fourth-order valence-corrected chi connectivity index (χ4v) is 0.235. The Bertz CT molecular complexity index is 145. The van der Waals surface area contributed by atoms with Crippen LogP contribution >= 0.6 is 0 Å². The second-order valence-electron chi connectivity index (χ2n) is 0.965. The molecule has 1 heterocycles. The largest absolute Gasteiger partial charge is 0.491 e. The van der Waals surface area contributed by atoms with E-state index in [1.165, 1.54) is 0 Å². The summed E-state index contributed by atoms with van der Waals surface area (Å²) < 4.78 is 11.5. The average Bonchev–Trinajstić information content (AvgIpc) is 1.87. The second-order valence-corrected chi connectivity index (χ2v) is 0.965. The minimum atomic E-state index is -0.414. The van der Waals surface area contributed by atoms with Gasteiger partial charge in [0.2, 0.25) is 0 Å². The molecule has 0 saturated heterocycles. The molecule has 38 valence electrons. The lowest BCUT2D eigenvalue weighted by molar-refractivity contribution is 0.306. The van der Waals surface area contributed by atoms with Crippen LogP contribution in [0.4, 0.5) is 4.48 Å². The van der Waals surface area contributed by atoms with E-state index in [0.29, 0.717) is 0 Å². The van der Waals surface area contributed by atoms with Crippen molar-refractivity contribution in [2.24, 2.45) is 0 Å². The number of aromatic hydroxyl groups is 1. The van der Waals surface area contributed by atoms with E-state index < -0.39 is 5.88 Å². The van der Waals surface area contributed by atoms with Crippen molar-refractivity contribution in [2.45, 2.75) is 0 Å². The van der Waals surface area contributed by atoms with Gasteiger partial charge in [-0.1, -0.05) is 14.5 Å². The Morgan fingerprint density at radius 2 is 2.57 bits per heavy atom. The predicted octanol–water partition coefficient (Wildman–Crippen LogP) is -0.284. The van der Waals surface area contributed by atoms with Gasteiger partial charge in [-0.2, -0.15) is 0 Å². The van der Waals surface area contributed by atoms with Crippen molar-refractivity contribution in [3.05, 3.63) is 6.20 Å². The molecule has 1 aromatic heterocycles. The van der Waals surface area contributed by atoms with Crippen LogP contribution in [0.5, 0.6) is 5.88 Å². The highest BCUT2D eigenvalue weighted by Gasteiger charge is 1.90. The van der Waals surface area contributed by atoms with Gasteiger partial charge in [-0.05, 0) is 5.21 Å². The lowest BCUT2D eigenvalue weighted by Crippen LogP contribution is -1.78. The van der Waals surface area contributed by atoms with Crippen molar-refractivity contribution >= 4 is 0 Å². The minimum absolute atomic E-state index is 0.0741. The molecule has 0 amide bonds. The second kappa shape index (κ2) is 1.18. The molecule has 0 aliphatic heterocycles. The van der Waals surface area contributed by atoms with Crippen LogP contribution in [0.3, 0.4) is 0 Å². The van der Waals surface area contributed by atoms with Crippen molar-refractivity contribution < 1.29 is 9.59 Å². The van der Waals surface area contributed by atoms with Crippen LogP contribution in [0, 0.1) is 0 Å². The molecule has 1 N–H and O–H groups in total. The van der Waals surface area contributed by atoms with Crippen LogP contribution in [0.1, 0.15) is 0 Å². The Morgan fingerprint density at radius 1 is 1.86 bits per heavy atom. The van der Waals surface area contributed by atoms with Crippen LogP contribution in [-0.2, 0) is 0 Å². The Kier molecular flexibility index (Phi) is 0.680. The van der Waals surface area contributed by atoms with Crippen LogP contribution in [0.25, 0.3) is 0 Å². The zero-order chi connectivity index (χ0) is 5.28. The summed E-state index contributed by atoms with van der Waals surface area (Å²) in [5.41, 5.74) is 0. The molecule has 5 heteroatoms. The molecule has 7 heavy (non-hydrogen) atoms. The SMILES string of the molecule is Oc1cn(F)nn1. The van der Waals surface area contributed by atoms with Gasteiger partial charge in [0.25, 0.3) is 5.88 Å². The van der Waals surface area contributed by atoms with Crippen LogP contribution < -0.4 is 0 Å². The number of halogens is 1. The third kappa shape index (κ3) is 0.648. The molecule has 4 nitrogen and oxygen atoms in total. The van der Waals surface area contributed by atoms with Crippen molar-refractivity contribution in [2.75, 3.05) is 0 Å². The van der Waals surface area contributed by atoms with Crippen LogP contribution in [-0.4, -0.2) is 20.3 Å². The van der Waals surface area contributed by atoms with E-state index in [1.54, 1.807) is 0 Å². The van der Waals surface area contributed by atoms with Gasteiger partial charge in [0.05, 0.1) is 0 Å². The summed E-state index contributed by atoms with van der Waals surface area (Å²) in [5.74, 6) is -0.414. The highest BCUT2D eigenvalue weighted by Crippen LogP contribution is 1.96. The molecule has 0 aliphatic carbocycles. The first-order valence-corrected chi connectivity index (χ1v) is 1.56. The molecular formula is C2H2FN3O. The summed E-state index contributed by atoms with van der Waals surface area (Å²) in [4.78, 5) is -0.0741. The van der Waals surface area contributed by atoms with Crippen molar-refractivity contribution in [1.29, 1.82) is 0 Å². The summed E-state index contributed by atoms with van der Waals surface area (Å²) >= 11 is 0. The first kappa shape index (κ1) is 4.04. The first-order valence-electron chi connectivity index (χ1n) is 1.56. The van der Waals surface area contributed by atoms with Gasteiger partial charge in [0.15, 0.2) is 0 Å². The van der Waals surface area contributed by atoms with E-state index in [-0.39, 0.29) is 4.90 Å². The maximum atomic E-state index is 11.5. The molecule has 1 rings (SSSR count). The lowest BCUT2D eigenvalue weighted by Gasteiger charge is -1.67. The Labute approximate surface area is 38.1 Å². The first-order chi connectivity index (χ1) is 3.29. The number of nitrogens with zero attached hydrogens (tertiary/aromatic N) is 3. The number of hydrogen-bond acceptors (Lipinski definition) is 3. The monoisotopic (exact) mass is 103 g/mol. The Morgan fingerprint density at radius 3 is 2.71 bits per heavy atom. The molecule has 0 saturated carbocycles. The van der Waals surface area contributed by atoms with Gasteiger partial charge < -0.3 is 5.11 Å². The van der Waals surface area contributed by atoms with Gasteiger partial charge in [-0.15, -0.1) is 0 Å². The molecule has 0 radical (unpaired) electrons. The maximum absolute atomic E-state index is 11.5. The third-order valence-electron chi connectivity index (χ3n) is 0.455. The number of hydrogen-bond donors (Lipinski definition) is 1. The molecule has 0 fully saturated rings. The van der Waals surface area contributed by atoms with Crippen molar-refractivity contribution in [1.82, 2.24) is 15.2 Å². The molecule has 0 aromatic carbocycles. The van der Waals surface area contributed by atoms with Gasteiger partial charge in [-0.3, -0.25) is 0 Å². The maximum Gasteiger partial charge on any atom is 0.254 e. The quantitative estimate of drug-likeness (QED) is 0.491. The predicted molar refractivity (Wildman–Crippen MR) is 18.2 cm³/mol. The Hall–Kier alpha value is -1.13. The zero-order valence-electron chi connectivity index (χ0n) is 3.24. The van der Waals surface area contributed by atoms with E-state index >= 15 is 0 Å². The van der Waals surface area contributed by atoms with E-state index in [4.69, 9.17) is 5.11 Å². The van der Waals surface area contributed by atoms with Gasteiger partial charge in [0.1, 0.15) is 6.20 Å². The Balaban J connectivity index is 3.04. The minimum Gasteiger partial charge on any atom is -0.491 e. The molecule has 0 bridgehead atoms.